The Morgan fingerprint density at radius 1 is 1.08 bits per heavy atom. The molecule has 0 aliphatic rings. The number of H-pyrrole nitrogens is 1. The third-order valence-electron chi connectivity index (χ3n) is 4.41. The molecule has 0 saturated carbocycles. The largest absolute Gasteiger partial charge is 0.496 e. The molecule has 26 heavy (non-hydrogen) atoms. The van der Waals surface area contributed by atoms with E-state index in [4.69, 9.17) is 9.72 Å². The number of nitrogens with zero attached hydrogens (tertiary/aromatic N) is 1. The van der Waals surface area contributed by atoms with Crippen LogP contribution in [0.3, 0.4) is 0 Å². The lowest BCUT2D eigenvalue weighted by Gasteiger charge is -2.10. The summed E-state index contributed by atoms with van der Waals surface area (Å²) in [4.78, 5) is 22.4. The quantitative estimate of drug-likeness (QED) is 0.561. The van der Waals surface area contributed by atoms with E-state index in [1.807, 2.05) is 56.3 Å². The summed E-state index contributed by atoms with van der Waals surface area (Å²) in [5, 5.41) is 0.621. The summed E-state index contributed by atoms with van der Waals surface area (Å²) >= 11 is 1.53. The van der Waals surface area contributed by atoms with Crippen LogP contribution in [0.5, 0.6) is 5.75 Å². The number of hydrogen-bond donors (Lipinski definition) is 1. The highest BCUT2D eigenvalue weighted by molar-refractivity contribution is 7.19. The monoisotopic (exact) mass is 362 g/mol. The summed E-state index contributed by atoms with van der Waals surface area (Å²) in [6, 6.07) is 15.7. The minimum absolute atomic E-state index is 0.128. The second-order valence-electron chi connectivity index (χ2n) is 6.20. The maximum atomic E-state index is 12.9. The van der Waals surface area contributed by atoms with Crippen LogP contribution in [-0.2, 0) is 0 Å². The summed E-state index contributed by atoms with van der Waals surface area (Å²) in [6.07, 6.45) is 0. The molecule has 0 aliphatic carbocycles. The number of thiophene rings is 1. The maximum absolute atomic E-state index is 12.9. The van der Waals surface area contributed by atoms with Gasteiger partial charge < -0.3 is 9.72 Å². The first-order valence-electron chi connectivity index (χ1n) is 8.32. The molecule has 4 nitrogen and oxygen atoms in total. The third-order valence-corrected chi connectivity index (χ3v) is 5.41. The molecule has 0 spiro atoms. The van der Waals surface area contributed by atoms with E-state index in [2.05, 4.69) is 11.1 Å². The van der Waals surface area contributed by atoms with Crippen molar-refractivity contribution in [3.63, 3.8) is 0 Å². The van der Waals surface area contributed by atoms with Gasteiger partial charge in [-0.05, 0) is 26.0 Å². The van der Waals surface area contributed by atoms with Crippen molar-refractivity contribution in [2.75, 3.05) is 7.11 Å². The van der Waals surface area contributed by atoms with Crippen molar-refractivity contribution >= 4 is 21.6 Å². The minimum Gasteiger partial charge on any atom is -0.496 e. The number of rotatable bonds is 3. The molecule has 0 unspecified atom stereocenters. The number of aryl methyl sites for hydroxylation is 2. The van der Waals surface area contributed by atoms with E-state index in [9.17, 15) is 4.79 Å². The first-order valence-corrected chi connectivity index (χ1v) is 9.14. The van der Waals surface area contributed by atoms with Crippen LogP contribution in [0.1, 0.15) is 10.4 Å². The fourth-order valence-corrected chi connectivity index (χ4v) is 4.23. The summed E-state index contributed by atoms with van der Waals surface area (Å²) in [7, 11) is 1.65. The summed E-state index contributed by atoms with van der Waals surface area (Å²) in [5.41, 5.74) is 3.71. The summed E-state index contributed by atoms with van der Waals surface area (Å²) in [5.74, 6) is 1.34. The van der Waals surface area contributed by atoms with Crippen molar-refractivity contribution in [1.82, 2.24) is 9.97 Å². The SMILES string of the molecule is COc1ccc(C)cc1-c1c(C)sc2nc(-c3ccccc3)[nH]c(=O)c12. The highest BCUT2D eigenvalue weighted by Crippen LogP contribution is 2.40. The Kier molecular flexibility index (Phi) is 4.09. The average molecular weight is 362 g/mol. The predicted octanol–water partition coefficient (Wildman–Crippen LogP) is 4.94. The average Bonchev–Trinajstić information content (AvgIpc) is 2.98. The van der Waals surface area contributed by atoms with E-state index in [1.54, 1.807) is 7.11 Å². The molecule has 0 bridgehead atoms. The second kappa shape index (κ2) is 6.42. The minimum atomic E-state index is -0.128. The Hall–Kier alpha value is -2.92. The molecule has 0 saturated heterocycles. The van der Waals surface area contributed by atoms with Gasteiger partial charge in [-0.25, -0.2) is 4.98 Å². The molecule has 2 aromatic heterocycles. The van der Waals surface area contributed by atoms with Crippen molar-refractivity contribution in [2.24, 2.45) is 0 Å². The fourth-order valence-electron chi connectivity index (χ4n) is 3.19. The molecule has 0 radical (unpaired) electrons. The summed E-state index contributed by atoms with van der Waals surface area (Å²) < 4.78 is 5.53. The predicted molar refractivity (Wildman–Crippen MR) is 107 cm³/mol. The standard InChI is InChI=1S/C21H18N2O2S/c1-12-9-10-16(25-3)15(11-12)17-13(2)26-21-18(17)20(24)22-19(23-21)14-7-5-4-6-8-14/h4-11H,1-3H3,(H,22,23,24). The number of benzene rings is 2. The van der Waals surface area contributed by atoms with Crippen molar-refractivity contribution in [1.29, 1.82) is 0 Å². The van der Waals surface area contributed by atoms with Crippen molar-refractivity contribution < 1.29 is 4.74 Å². The van der Waals surface area contributed by atoms with E-state index in [0.717, 1.165) is 37.7 Å². The van der Waals surface area contributed by atoms with Crippen LogP contribution in [0, 0.1) is 13.8 Å². The lowest BCUT2D eigenvalue weighted by atomic mass is 10.0. The molecule has 4 aromatic rings. The van der Waals surface area contributed by atoms with Gasteiger partial charge in [0.15, 0.2) is 0 Å². The Morgan fingerprint density at radius 3 is 2.58 bits per heavy atom. The zero-order valence-electron chi connectivity index (χ0n) is 14.8. The Bertz CT molecular complexity index is 1160. The molecule has 0 amide bonds. The van der Waals surface area contributed by atoms with E-state index >= 15 is 0 Å². The first kappa shape index (κ1) is 16.5. The Labute approximate surface area is 155 Å². The van der Waals surface area contributed by atoms with Gasteiger partial charge in [-0.15, -0.1) is 11.3 Å². The number of ether oxygens (including phenoxy) is 1. The normalized spacial score (nSPS) is 11.0. The van der Waals surface area contributed by atoms with Gasteiger partial charge in [0, 0.05) is 21.6 Å². The number of hydrogen-bond acceptors (Lipinski definition) is 4. The van der Waals surface area contributed by atoms with Crippen molar-refractivity contribution in [3.8, 4) is 28.3 Å². The Balaban J connectivity index is 2.00. The molecule has 0 fully saturated rings. The molecule has 1 N–H and O–H groups in total. The van der Waals surface area contributed by atoms with Gasteiger partial charge in [-0.3, -0.25) is 4.79 Å². The lowest BCUT2D eigenvalue weighted by Crippen LogP contribution is -2.09. The zero-order valence-corrected chi connectivity index (χ0v) is 15.6. The van der Waals surface area contributed by atoms with Gasteiger partial charge >= 0.3 is 0 Å². The first-order chi connectivity index (χ1) is 12.6. The van der Waals surface area contributed by atoms with Gasteiger partial charge in [0.2, 0.25) is 0 Å². The van der Waals surface area contributed by atoms with E-state index in [0.29, 0.717) is 11.2 Å². The van der Waals surface area contributed by atoms with Crippen LogP contribution in [0.25, 0.3) is 32.7 Å². The van der Waals surface area contributed by atoms with Crippen LogP contribution in [0.15, 0.2) is 53.3 Å². The molecular weight excluding hydrogens is 344 g/mol. The summed E-state index contributed by atoms with van der Waals surface area (Å²) in [6.45, 7) is 4.05. The van der Waals surface area contributed by atoms with Crippen molar-refractivity contribution in [2.45, 2.75) is 13.8 Å². The highest BCUT2D eigenvalue weighted by atomic mass is 32.1. The molecular formula is C21H18N2O2S. The zero-order chi connectivity index (χ0) is 18.3. The Morgan fingerprint density at radius 2 is 1.85 bits per heavy atom. The van der Waals surface area contributed by atoms with E-state index < -0.39 is 0 Å². The smallest absolute Gasteiger partial charge is 0.260 e. The number of methoxy groups -OCH3 is 1. The van der Waals surface area contributed by atoms with E-state index in [1.165, 1.54) is 11.3 Å². The van der Waals surface area contributed by atoms with Crippen LogP contribution >= 0.6 is 11.3 Å². The number of nitrogens with one attached hydrogen (secondary N) is 1. The molecule has 0 aliphatic heterocycles. The van der Waals surface area contributed by atoms with Crippen molar-refractivity contribution in [3.05, 3.63) is 69.3 Å². The molecule has 2 heterocycles. The fraction of sp³-hybridized carbons (Fsp3) is 0.143. The van der Waals surface area contributed by atoms with Gasteiger partial charge in [0.05, 0.1) is 12.5 Å². The maximum Gasteiger partial charge on any atom is 0.260 e. The molecule has 4 rings (SSSR count). The number of aromatic amines is 1. The molecule has 130 valence electrons. The van der Waals surface area contributed by atoms with Gasteiger partial charge in [0.1, 0.15) is 16.4 Å². The topological polar surface area (TPSA) is 55.0 Å². The van der Waals surface area contributed by atoms with Gasteiger partial charge in [-0.2, -0.15) is 0 Å². The van der Waals surface area contributed by atoms with Crippen LogP contribution < -0.4 is 10.3 Å². The van der Waals surface area contributed by atoms with Crippen LogP contribution in [0.4, 0.5) is 0 Å². The van der Waals surface area contributed by atoms with Gasteiger partial charge in [0.25, 0.3) is 5.56 Å². The highest BCUT2D eigenvalue weighted by Gasteiger charge is 2.19. The number of aromatic nitrogens is 2. The van der Waals surface area contributed by atoms with E-state index in [-0.39, 0.29) is 5.56 Å². The van der Waals surface area contributed by atoms with Crippen LogP contribution in [0.2, 0.25) is 0 Å². The number of fused-ring (bicyclic) bond motifs is 1. The molecule has 0 atom stereocenters. The van der Waals surface area contributed by atoms with Crippen LogP contribution in [-0.4, -0.2) is 17.1 Å². The third kappa shape index (κ3) is 2.70. The second-order valence-corrected chi connectivity index (χ2v) is 7.40. The molecule has 5 heteroatoms. The lowest BCUT2D eigenvalue weighted by molar-refractivity contribution is 0.416. The molecule has 2 aromatic carbocycles. The van der Waals surface area contributed by atoms with Gasteiger partial charge in [-0.1, -0.05) is 42.0 Å².